The van der Waals surface area contributed by atoms with Crippen LogP contribution in [0.5, 0.6) is 0 Å². The molecule has 1 saturated heterocycles. The third-order valence-corrected chi connectivity index (χ3v) is 4.49. The van der Waals surface area contributed by atoms with Gasteiger partial charge < -0.3 is 15.1 Å². The molecule has 1 fully saturated rings. The van der Waals surface area contributed by atoms with Crippen LogP contribution in [0.1, 0.15) is 12.0 Å². The smallest absolute Gasteiger partial charge is 0.229 e. The lowest BCUT2D eigenvalue weighted by molar-refractivity contribution is -0.122. The third-order valence-electron chi connectivity index (χ3n) is 4.49. The molecule has 1 aliphatic heterocycles. The van der Waals surface area contributed by atoms with Crippen LogP contribution in [0.4, 0.5) is 17.1 Å². The molecule has 0 saturated carbocycles. The first-order valence-electron chi connectivity index (χ1n) is 8.40. The van der Waals surface area contributed by atoms with E-state index in [9.17, 15) is 9.59 Å². The molecule has 0 aromatic heterocycles. The number of carbonyl (C=O) groups is 2. The molecule has 1 N–H and O–H groups in total. The molecule has 0 spiro atoms. The summed E-state index contributed by atoms with van der Waals surface area (Å²) in [6.45, 7) is 2.42. The van der Waals surface area contributed by atoms with Gasteiger partial charge in [-0.15, -0.1) is 0 Å². The molecule has 130 valence electrons. The second kappa shape index (κ2) is 6.97. The second-order valence-electron chi connectivity index (χ2n) is 6.64. The fraction of sp³-hybridized carbons (Fsp3) is 0.300. The SMILES string of the molecule is Cc1ccc(N2CC(C(=O)Nc3ccccc3N(C)C)CC2=O)cc1. The number of benzene rings is 2. The zero-order valence-electron chi connectivity index (χ0n) is 14.8. The first kappa shape index (κ1) is 17.0. The van der Waals surface area contributed by atoms with Crippen LogP contribution in [0.25, 0.3) is 0 Å². The molecule has 25 heavy (non-hydrogen) atoms. The maximum absolute atomic E-state index is 12.7. The average molecular weight is 337 g/mol. The minimum atomic E-state index is -0.343. The van der Waals surface area contributed by atoms with Crippen molar-refractivity contribution >= 4 is 28.9 Å². The summed E-state index contributed by atoms with van der Waals surface area (Å²) < 4.78 is 0. The summed E-state index contributed by atoms with van der Waals surface area (Å²) in [7, 11) is 3.87. The summed E-state index contributed by atoms with van der Waals surface area (Å²) in [4.78, 5) is 28.6. The minimum Gasteiger partial charge on any atom is -0.376 e. The summed E-state index contributed by atoms with van der Waals surface area (Å²) in [5.74, 6) is -0.466. The van der Waals surface area contributed by atoms with E-state index in [1.54, 1.807) is 4.90 Å². The number of hydrogen-bond acceptors (Lipinski definition) is 3. The largest absolute Gasteiger partial charge is 0.376 e. The van der Waals surface area contributed by atoms with Crippen molar-refractivity contribution in [2.75, 3.05) is 35.8 Å². The average Bonchev–Trinajstić information content (AvgIpc) is 2.98. The van der Waals surface area contributed by atoms with Crippen molar-refractivity contribution < 1.29 is 9.59 Å². The molecule has 1 heterocycles. The number of carbonyl (C=O) groups excluding carboxylic acids is 2. The van der Waals surface area contributed by atoms with Crippen molar-refractivity contribution in [2.45, 2.75) is 13.3 Å². The first-order valence-corrected chi connectivity index (χ1v) is 8.40. The van der Waals surface area contributed by atoms with Gasteiger partial charge in [-0.3, -0.25) is 9.59 Å². The van der Waals surface area contributed by atoms with Crippen LogP contribution >= 0.6 is 0 Å². The van der Waals surface area contributed by atoms with Gasteiger partial charge in [-0.1, -0.05) is 29.8 Å². The molecule has 2 aromatic rings. The molecule has 0 radical (unpaired) electrons. The Morgan fingerprint density at radius 3 is 2.48 bits per heavy atom. The topological polar surface area (TPSA) is 52.7 Å². The van der Waals surface area contributed by atoms with Gasteiger partial charge in [0.2, 0.25) is 11.8 Å². The normalized spacial score (nSPS) is 16.8. The van der Waals surface area contributed by atoms with Gasteiger partial charge in [0.1, 0.15) is 0 Å². The molecule has 3 rings (SSSR count). The second-order valence-corrected chi connectivity index (χ2v) is 6.64. The standard InChI is InChI=1S/C20H23N3O2/c1-14-8-10-16(11-9-14)23-13-15(12-19(23)24)20(25)21-17-6-4-5-7-18(17)22(2)3/h4-11,15H,12-13H2,1-3H3,(H,21,25). The number of para-hydroxylation sites is 2. The van der Waals surface area contributed by atoms with E-state index in [-0.39, 0.29) is 24.2 Å². The molecule has 2 aromatic carbocycles. The van der Waals surface area contributed by atoms with E-state index in [4.69, 9.17) is 0 Å². The lowest BCUT2D eigenvalue weighted by atomic mass is 10.1. The van der Waals surface area contributed by atoms with Crippen LogP contribution in [-0.4, -0.2) is 32.5 Å². The minimum absolute atomic E-state index is 0.00935. The van der Waals surface area contributed by atoms with E-state index >= 15 is 0 Å². The van der Waals surface area contributed by atoms with Gasteiger partial charge in [-0.25, -0.2) is 0 Å². The van der Waals surface area contributed by atoms with E-state index < -0.39 is 0 Å². The summed E-state index contributed by atoms with van der Waals surface area (Å²) in [5, 5.41) is 2.98. The van der Waals surface area contributed by atoms with E-state index in [0.717, 1.165) is 22.6 Å². The van der Waals surface area contributed by atoms with Gasteiger partial charge in [0.05, 0.1) is 17.3 Å². The van der Waals surface area contributed by atoms with E-state index in [0.29, 0.717) is 6.54 Å². The Hall–Kier alpha value is -2.82. The fourth-order valence-corrected chi connectivity index (χ4v) is 3.06. The van der Waals surface area contributed by atoms with Gasteiger partial charge in [0.15, 0.2) is 0 Å². The number of nitrogens with one attached hydrogen (secondary N) is 1. The predicted octanol–water partition coefficient (Wildman–Crippen LogP) is 3.05. The highest BCUT2D eigenvalue weighted by molar-refractivity contribution is 6.04. The Balaban J connectivity index is 1.72. The molecule has 2 amide bonds. The van der Waals surface area contributed by atoms with Gasteiger partial charge >= 0.3 is 0 Å². The van der Waals surface area contributed by atoms with Gasteiger partial charge in [-0.2, -0.15) is 0 Å². The lowest BCUT2D eigenvalue weighted by Crippen LogP contribution is -2.28. The van der Waals surface area contributed by atoms with E-state index in [1.165, 1.54) is 0 Å². The molecule has 1 aliphatic rings. The number of anilines is 3. The van der Waals surface area contributed by atoms with Crippen LogP contribution in [-0.2, 0) is 9.59 Å². The quantitative estimate of drug-likeness (QED) is 0.933. The Kier molecular flexibility index (Phi) is 4.74. The van der Waals surface area contributed by atoms with Gasteiger partial charge in [0, 0.05) is 32.7 Å². The van der Waals surface area contributed by atoms with E-state index in [1.807, 2.05) is 74.4 Å². The number of hydrogen-bond donors (Lipinski definition) is 1. The van der Waals surface area contributed by atoms with Crippen molar-refractivity contribution in [3.63, 3.8) is 0 Å². The van der Waals surface area contributed by atoms with Crippen LogP contribution in [0.15, 0.2) is 48.5 Å². The van der Waals surface area contributed by atoms with Crippen molar-refractivity contribution in [2.24, 2.45) is 5.92 Å². The molecule has 0 aliphatic carbocycles. The maximum Gasteiger partial charge on any atom is 0.229 e. The van der Waals surface area contributed by atoms with Crippen LogP contribution in [0.2, 0.25) is 0 Å². The number of rotatable bonds is 4. The van der Waals surface area contributed by atoms with Crippen molar-refractivity contribution in [1.29, 1.82) is 0 Å². The lowest BCUT2D eigenvalue weighted by Gasteiger charge is -2.19. The zero-order chi connectivity index (χ0) is 18.0. The van der Waals surface area contributed by atoms with Crippen molar-refractivity contribution in [1.82, 2.24) is 0 Å². The number of amides is 2. The predicted molar refractivity (Wildman–Crippen MR) is 101 cm³/mol. The molecule has 1 atom stereocenters. The third kappa shape index (κ3) is 3.65. The van der Waals surface area contributed by atoms with Crippen LogP contribution in [0, 0.1) is 12.8 Å². The summed E-state index contributed by atoms with van der Waals surface area (Å²) in [6.07, 6.45) is 0.240. The molecule has 1 unspecified atom stereocenters. The molecular weight excluding hydrogens is 314 g/mol. The Morgan fingerprint density at radius 2 is 1.80 bits per heavy atom. The molecule has 5 heteroatoms. The number of nitrogens with zero attached hydrogens (tertiary/aromatic N) is 2. The van der Waals surface area contributed by atoms with Crippen LogP contribution in [0.3, 0.4) is 0 Å². The van der Waals surface area contributed by atoms with E-state index in [2.05, 4.69) is 5.32 Å². The fourth-order valence-electron chi connectivity index (χ4n) is 3.06. The highest BCUT2D eigenvalue weighted by atomic mass is 16.2. The zero-order valence-corrected chi connectivity index (χ0v) is 14.8. The highest BCUT2D eigenvalue weighted by Crippen LogP contribution is 2.28. The maximum atomic E-state index is 12.7. The summed E-state index contributed by atoms with van der Waals surface area (Å²) in [6, 6.07) is 15.5. The molecular formula is C20H23N3O2. The van der Waals surface area contributed by atoms with Crippen LogP contribution < -0.4 is 15.1 Å². The highest BCUT2D eigenvalue weighted by Gasteiger charge is 2.35. The Morgan fingerprint density at radius 1 is 1.12 bits per heavy atom. The van der Waals surface area contributed by atoms with Crippen molar-refractivity contribution in [3.8, 4) is 0 Å². The monoisotopic (exact) mass is 337 g/mol. The van der Waals surface area contributed by atoms with Crippen molar-refractivity contribution in [3.05, 3.63) is 54.1 Å². The number of aryl methyl sites for hydroxylation is 1. The summed E-state index contributed by atoms with van der Waals surface area (Å²) in [5.41, 5.74) is 3.69. The molecule has 5 nitrogen and oxygen atoms in total. The summed E-state index contributed by atoms with van der Waals surface area (Å²) >= 11 is 0. The first-order chi connectivity index (χ1) is 12.0. The Bertz CT molecular complexity index is 784. The van der Waals surface area contributed by atoms with Gasteiger partial charge in [-0.05, 0) is 31.2 Å². The molecule has 0 bridgehead atoms. The Labute approximate surface area is 148 Å². The van der Waals surface area contributed by atoms with Gasteiger partial charge in [0.25, 0.3) is 0 Å².